The van der Waals surface area contributed by atoms with E-state index in [1.165, 1.54) is 0 Å². The Bertz CT molecular complexity index is 241. The largest absolute Gasteiger partial charge is 0.433 e. The molecule has 2 unspecified atom stereocenters. The zero-order valence-corrected chi connectivity index (χ0v) is 14.0. The van der Waals surface area contributed by atoms with E-state index in [-0.39, 0.29) is 10.4 Å². The molecule has 0 saturated carbocycles. The summed E-state index contributed by atoms with van der Waals surface area (Å²) in [6.45, 7) is 7.02. The first-order chi connectivity index (χ1) is 7.39. The van der Waals surface area contributed by atoms with Crippen LogP contribution in [0.3, 0.4) is 0 Å². The van der Waals surface area contributed by atoms with Crippen LogP contribution < -0.4 is 0 Å². The van der Waals surface area contributed by atoms with Crippen LogP contribution in [0.4, 0.5) is 0 Å². The molecular formula is C10H15Br3O3. The molecule has 2 atom stereocenters. The van der Waals surface area contributed by atoms with Crippen LogP contribution in [0.15, 0.2) is 12.7 Å². The van der Waals surface area contributed by atoms with Crippen LogP contribution in [0.1, 0.15) is 13.8 Å². The van der Waals surface area contributed by atoms with Crippen LogP contribution in [0.25, 0.3) is 0 Å². The van der Waals surface area contributed by atoms with Gasteiger partial charge in [0.2, 0.25) is 6.29 Å². The Balaban J connectivity index is 4.27. The molecule has 0 spiro atoms. The van der Waals surface area contributed by atoms with Gasteiger partial charge in [0.15, 0.2) is 0 Å². The number of carbonyl (C=O) groups excluding carboxylic acids is 1. The second-order valence-electron chi connectivity index (χ2n) is 3.58. The van der Waals surface area contributed by atoms with Crippen molar-refractivity contribution in [1.29, 1.82) is 0 Å². The summed E-state index contributed by atoms with van der Waals surface area (Å²) in [6.07, 6.45) is 0.490. The van der Waals surface area contributed by atoms with Gasteiger partial charge in [-0.1, -0.05) is 61.3 Å². The van der Waals surface area contributed by atoms with Crippen LogP contribution >= 0.6 is 47.8 Å². The molecule has 0 aromatic rings. The highest BCUT2D eigenvalue weighted by atomic mass is 79.9. The van der Waals surface area contributed by atoms with Gasteiger partial charge in [-0.2, -0.15) is 0 Å². The number of esters is 1. The maximum absolute atomic E-state index is 10.9. The van der Waals surface area contributed by atoms with E-state index in [0.717, 1.165) is 16.7 Å². The van der Waals surface area contributed by atoms with Crippen molar-refractivity contribution in [2.75, 3.05) is 10.7 Å². The van der Waals surface area contributed by atoms with Gasteiger partial charge in [-0.05, 0) is 6.92 Å². The first-order valence-corrected chi connectivity index (χ1v) is 7.80. The van der Waals surface area contributed by atoms with Crippen molar-refractivity contribution in [3.8, 4) is 0 Å². The van der Waals surface area contributed by atoms with Crippen molar-refractivity contribution < 1.29 is 14.3 Å². The molecule has 94 valence electrons. The average molecular weight is 423 g/mol. The normalized spacial score (nSPS) is 15.3. The van der Waals surface area contributed by atoms with Gasteiger partial charge in [0.1, 0.15) is 5.01 Å². The first kappa shape index (κ1) is 16.6. The van der Waals surface area contributed by atoms with Crippen molar-refractivity contribution >= 4 is 53.8 Å². The van der Waals surface area contributed by atoms with Crippen LogP contribution in [-0.4, -0.2) is 27.9 Å². The van der Waals surface area contributed by atoms with Gasteiger partial charge < -0.3 is 9.47 Å². The van der Waals surface area contributed by atoms with Crippen molar-refractivity contribution in [3.63, 3.8) is 0 Å². The minimum atomic E-state index is -0.618. The van der Waals surface area contributed by atoms with Crippen LogP contribution in [0.2, 0.25) is 0 Å². The van der Waals surface area contributed by atoms with E-state index in [4.69, 9.17) is 9.47 Å². The molecule has 0 heterocycles. The van der Waals surface area contributed by atoms with Crippen LogP contribution in [0, 0.1) is 5.41 Å². The maximum atomic E-state index is 10.9. The number of halogens is 3. The Labute approximate surface area is 121 Å². The van der Waals surface area contributed by atoms with E-state index in [0.29, 0.717) is 0 Å². The number of alkyl halides is 3. The molecule has 16 heavy (non-hydrogen) atoms. The quantitative estimate of drug-likeness (QED) is 0.272. The predicted octanol–water partition coefficient (Wildman–Crippen LogP) is 3.60. The Morgan fingerprint density at radius 3 is 2.38 bits per heavy atom. The minimum Gasteiger partial charge on any atom is -0.433 e. The summed E-state index contributed by atoms with van der Waals surface area (Å²) in [5, 5.41) is 1.28. The third-order valence-corrected chi connectivity index (χ3v) is 5.80. The fourth-order valence-electron chi connectivity index (χ4n) is 0.729. The highest BCUT2D eigenvalue weighted by Crippen LogP contribution is 2.33. The van der Waals surface area contributed by atoms with Gasteiger partial charge in [-0.25, -0.2) is 4.79 Å². The lowest BCUT2D eigenvalue weighted by molar-refractivity contribution is -0.176. The van der Waals surface area contributed by atoms with Crippen molar-refractivity contribution in [2.24, 2.45) is 5.41 Å². The molecule has 0 N–H and O–H groups in total. The van der Waals surface area contributed by atoms with E-state index in [1.807, 2.05) is 6.92 Å². The summed E-state index contributed by atoms with van der Waals surface area (Å²) in [5.74, 6) is -0.494. The summed E-state index contributed by atoms with van der Waals surface area (Å²) < 4.78 is 10.5. The lowest BCUT2D eigenvalue weighted by atomic mass is 9.98. The second kappa shape index (κ2) is 7.84. The molecule has 0 aromatic heterocycles. The van der Waals surface area contributed by atoms with Crippen molar-refractivity contribution in [2.45, 2.75) is 25.2 Å². The van der Waals surface area contributed by atoms with Crippen LogP contribution in [-0.2, 0) is 14.3 Å². The van der Waals surface area contributed by atoms with Gasteiger partial charge in [0, 0.05) is 22.2 Å². The average Bonchev–Trinajstić information content (AvgIpc) is 2.27. The molecule has 0 aliphatic heterocycles. The minimum absolute atomic E-state index is 0.130. The maximum Gasteiger partial charge on any atom is 0.332 e. The smallest absolute Gasteiger partial charge is 0.332 e. The molecule has 0 aliphatic rings. The molecule has 0 radical (unpaired) electrons. The number of carbonyl (C=O) groups is 1. The van der Waals surface area contributed by atoms with Gasteiger partial charge in [-0.15, -0.1) is 0 Å². The topological polar surface area (TPSA) is 35.5 Å². The van der Waals surface area contributed by atoms with Crippen LogP contribution in [0.5, 0.6) is 0 Å². The number of ether oxygens (including phenoxy) is 2. The summed E-state index contributed by atoms with van der Waals surface area (Å²) in [6, 6.07) is 0. The Morgan fingerprint density at radius 1 is 1.50 bits per heavy atom. The van der Waals surface area contributed by atoms with Crippen molar-refractivity contribution in [1.82, 2.24) is 0 Å². The molecule has 0 fully saturated rings. The molecule has 6 heteroatoms. The molecule has 0 amide bonds. The summed E-state index contributed by atoms with van der Waals surface area (Å²) in [4.78, 5) is 10.9. The Kier molecular flexibility index (Phi) is 8.14. The third-order valence-electron chi connectivity index (χ3n) is 1.92. The zero-order valence-electron chi connectivity index (χ0n) is 9.21. The van der Waals surface area contributed by atoms with Gasteiger partial charge in [-0.3, -0.25) is 0 Å². The zero-order chi connectivity index (χ0) is 12.8. The molecule has 0 aromatic carbocycles. The summed E-state index contributed by atoms with van der Waals surface area (Å²) in [5.41, 5.74) is -0.130. The number of rotatable bonds is 7. The monoisotopic (exact) mass is 420 g/mol. The predicted molar refractivity (Wildman–Crippen MR) is 75.2 cm³/mol. The van der Waals surface area contributed by atoms with E-state index in [9.17, 15) is 4.79 Å². The summed E-state index contributed by atoms with van der Waals surface area (Å²) in [7, 11) is 0. The molecular weight excluding hydrogens is 408 g/mol. The van der Waals surface area contributed by atoms with Gasteiger partial charge >= 0.3 is 5.97 Å². The lowest BCUT2D eigenvalue weighted by Crippen LogP contribution is -2.36. The highest BCUT2D eigenvalue weighted by Gasteiger charge is 2.33. The van der Waals surface area contributed by atoms with Gasteiger partial charge in [0.05, 0.1) is 0 Å². The molecule has 0 bridgehead atoms. The van der Waals surface area contributed by atoms with E-state index >= 15 is 0 Å². The van der Waals surface area contributed by atoms with E-state index < -0.39 is 12.3 Å². The summed E-state index contributed by atoms with van der Waals surface area (Å²) >= 11 is 10.3. The van der Waals surface area contributed by atoms with E-state index in [1.54, 1.807) is 6.92 Å². The number of hydrogen-bond acceptors (Lipinski definition) is 3. The number of hydrogen-bond donors (Lipinski definition) is 0. The van der Waals surface area contributed by atoms with Gasteiger partial charge in [0.25, 0.3) is 0 Å². The van der Waals surface area contributed by atoms with E-state index in [2.05, 4.69) is 54.4 Å². The molecule has 0 rings (SSSR count). The first-order valence-electron chi connectivity index (χ1n) is 4.64. The Hall–Kier alpha value is 0.610. The lowest BCUT2D eigenvalue weighted by Gasteiger charge is -2.32. The second-order valence-corrected chi connectivity index (χ2v) is 5.54. The Morgan fingerprint density at radius 2 is 2.00 bits per heavy atom. The third kappa shape index (κ3) is 5.29. The molecule has 3 nitrogen and oxygen atoms in total. The highest BCUT2D eigenvalue weighted by molar-refractivity contribution is 9.10. The molecule has 0 aliphatic carbocycles. The fraction of sp³-hybridized carbons (Fsp3) is 0.700. The standard InChI is InChI=1S/C10H15Br3O3/c1-4-8(14)15-7(2)16-9(13)10(3,5-11)6-12/h4,7,9H,1,5-6H2,2-3H3. The fourth-order valence-corrected chi connectivity index (χ4v) is 3.74. The van der Waals surface area contributed by atoms with Crippen molar-refractivity contribution in [3.05, 3.63) is 12.7 Å². The molecule has 0 saturated heterocycles. The SMILES string of the molecule is C=CC(=O)OC(C)OC(Br)C(C)(CBr)CBr.